The molecule has 0 saturated carbocycles. The number of anilines is 2. The van der Waals surface area contributed by atoms with Crippen LogP contribution in [0.1, 0.15) is 5.56 Å². The molecule has 0 aliphatic carbocycles. The number of benzene rings is 2. The van der Waals surface area contributed by atoms with Crippen LogP contribution in [0.25, 0.3) is 0 Å². The number of nitrogens with two attached hydrogens (primary N) is 1. The smallest absolute Gasteiger partial charge is 0.267 e. The van der Waals surface area contributed by atoms with Crippen molar-refractivity contribution in [3.05, 3.63) is 52.6 Å². The Kier molecular flexibility index (Phi) is 4.06. The van der Waals surface area contributed by atoms with Gasteiger partial charge in [0, 0.05) is 10.7 Å². The van der Waals surface area contributed by atoms with Gasteiger partial charge in [-0.15, -0.1) is 0 Å². The van der Waals surface area contributed by atoms with Crippen LogP contribution in [0.2, 0.25) is 5.02 Å². The molecule has 0 heterocycles. The molecule has 0 spiro atoms. The number of hydrogen-bond acceptors (Lipinski definition) is 3. The fourth-order valence-electron chi connectivity index (χ4n) is 1.70. The van der Waals surface area contributed by atoms with Crippen molar-refractivity contribution < 1.29 is 17.2 Å². The molecule has 0 aromatic heterocycles. The van der Waals surface area contributed by atoms with E-state index in [4.69, 9.17) is 17.3 Å². The van der Waals surface area contributed by atoms with Crippen molar-refractivity contribution in [1.82, 2.24) is 0 Å². The van der Waals surface area contributed by atoms with Crippen molar-refractivity contribution in [1.29, 1.82) is 0 Å². The zero-order valence-electron chi connectivity index (χ0n) is 10.8. The maximum absolute atomic E-state index is 13.7. The molecule has 0 aliphatic heterocycles. The normalized spacial score (nSPS) is 11.4. The minimum absolute atomic E-state index is 0.0984. The molecule has 2 aromatic carbocycles. The maximum atomic E-state index is 13.7. The van der Waals surface area contributed by atoms with E-state index < -0.39 is 26.6 Å². The second-order valence-electron chi connectivity index (χ2n) is 4.38. The lowest BCUT2D eigenvalue weighted by Gasteiger charge is -2.11. The van der Waals surface area contributed by atoms with Gasteiger partial charge < -0.3 is 5.73 Å². The first-order valence-corrected chi connectivity index (χ1v) is 7.60. The molecule has 0 aliphatic rings. The highest BCUT2D eigenvalue weighted by molar-refractivity contribution is 7.92. The fraction of sp³-hybridized carbons (Fsp3) is 0.0769. The summed E-state index contributed by atoms with van der Waals surface area (Å²) in [5.74, 6) is -2.53. The highest BCUT2D eigenvalue weighted by atomic mass is 35.5. The summed E-state index contributed by atoms with van der Waals surface area (Å²) < 4.78 is 53.6. The van der Waals surface area contributed by atoms with Gasteiger partial charge in [0.1, 0.15) is 11.6 Å². The molecule has 0 radical (unpaired) electrons. The lowest BCUT2D eigenvalue weighted by molar-refractivity contribution is 0.522. The number of rotatable bonds is 3. The first-order valence-electron chi connectivity index (χ1n) is 5.74. The van der Waals surface area contributed by atoms with Gasteiger partial charge in [0.25, 0.3) is 10.0 Å². The minimum atomic E-state index is -4.44. The molecule has 0 saturated heterocycles. The average Bonchev–Trinajstić information content (AvgIpc) is 2.31. The molecule has 4 nitrogen and oxygen atoms in total. The Bertz CT molecular complexity index is 787. The largest absolute Gasteiger partial charge is 0.399 e. The Hall–Kier alpha value is -1.86. The third kappa shape index (κ3) is 3.25. The van der Waals surface area contributed by atoms with E-state index in [0.29, 0.717) is 5.02 Å². The number of sulfonamides is 1. The van der Waals surface area contributed by atoms with E-state index in [-0.39, 0.29) is 11.4 Å². The van der Waals surface area contributed by atoms with Gasteiger partial charge in [0.2, 0.25) is 0 Å². The molecule has 3 N–H and O–H groups in total. The molecule has 2 aromatic rings. The van der Waals surface area contributed by atoms with Crippen molar-refractivity contribution >= 4 is 33.0 Å². The van der Waals surface area contributed by atoms with Crippen LogP contribution < -0.4 is 10.5 Å². The van der Waals surface area contributed by atoms with Crippen LogP contribution in [0.5, 0.6) is 0 Å². The van der Waals surface area contributed by atoms with Gasteiger partial charge in [0.15, 0.2) is 4.90 Å². The average molecular weight is 333 g/mol. The van der Waals surface area contributed by atoms with E-state index in [1.165, 1.54) is 12.1 Å². The van der Waals surface area contributed by atoms with Crippen molar-refractivity contribution in [2.75, 3.05) is 10.5 Å². The standard InChI is InChI=1S/C13H11ClF2N2O2S/c1-7-2-3-9(6-10(7)14)18-21(19,20)13-11(15)4-8(17)5-12(13)16/h2-6,18H,17H2,1H3. The van der Waals surface area contributed by atoms with Gasteiger partial charge in [0.05, 0.1) is 5.69 Å². The Labute approximate surface area is 125 Å². The van der Waals surface area contributed by atoms with Crippen molar-refractivity contribution in [2.24, 2.45) is 0 Å². The van der Waals surface area contributed by atoms with Crippen molar-refractivity contribution in [3.8, 4) is 0 Å². The minimum Gasteiger partial charge on any atom is -0.399 e. The van der Waals surface area contributed by atoms with Crippen molar-refractivity contribution in [3.63, 3.8) is 0 Å². The summed E-state index contributed by atoms with van der Waals surface area (Å²) in [5.41, 5.74) is 5.88. The van der Waals surface area contributed by atoms with E-state index in [1.54, 1.807) is 13.0 Å². The summed E-state index contributed by atoms with van der Waals surface area (Å²) in [6, 6.07) is 5.84. The molecule has 0 bridgehead atoms. The molecule has 0 amide bonds. The Morgan fingerprint density at radius 3 is 2.24 bits per heavy atom. The van der Waals surface area contributed by atoms with Crippen LogP contribution in [-0.2, 0) is 10.0 Å². The van der Waals surface area contributed by atoms with Gasteiger partial charge in [-0.2, -0.15) is 0 Å². The lowest BCUT2D eigenvalue weighted by Crippen LogP contribution is -2.16. The van der Waals surface area contributed by atoms with E-state index in [2.05, 4.69) is 4.72 Å². The summed E-state index contributed by atoms with van der Waals surface area (Å²) in [6.07, 6.45) is 0. The fourth-order valence-corrected chi connectivity index (χ4v) is 3.05. The summed E-state index contributed by atoms with van der Waals surface area (Å²) in [7, 11) is -4.44. The first kappa shape index (κ1) is 15.5. The van der Waals surface area contributed by atoms with Gasteiger partial charge in [-0.25, -0.2) is 17.2 Å². The zero-order valence-corrected chi connectivity index (χ0v) is 12.4. The molecule has 0 unspecified atom stereocenters. The van der Waals surface area contributed by atoms with Crippen LogP contribution in [0.3, 0.4) is 0 Å². The third-order valence-electron chi connectivity index (χ3n) is 2.71. The molecule has 0 atom stereocenters. The second kappa shape index (κ2) is 5.50. The summed E-state index contributed by atoms with van der Waals surface area (Å²) in [6.45, 7) is 1.74. The van der Waals surface area contributed by atoms with E-state index in [0.717, 1.165) is 17.7 Å². The topological polar surface area (TPSA) is 72.2 Å². The highest BCUT2D eigenvalue weighted by Gasteiger charge is 2.25. The number of nitrogens with one attached hydrogen (secondary N) is 1. The number of halogens is 3. The Morgan fingerprint density at radius 2 is 1.71 bits per heavy atom. The third-order valence-corrected chi connectivity index (χ3v) is 4.55. The SMILES string of the molecule is Cc1ccc(NS(=O)(=O)c2c(F)cc(N)cc2F)cc1Cl. The highest BCUT2D eigenvalue weighted by Crippen LogP contribution is 2.26. The number of aryl methyl sites for hydroxylation is 1. The molecule has 0 fully saturated rings. The molecule has 2 rings (SSSR count). The molecule has 21 heavy (non-hydrogen) atoms. The van der Waals surface area contributed by atoms with Crippen LogP contribution in [0.15, 0.2) is 35.2 Å². The lowest BCUT2D eigenvalue weighted by atomic mass is 10.2. The summed E-state index contributed by atoms with van der Waals surface area (Å²) in [4.78, 5) is -1.09. The van der Waals surface area contributed by atoms with Gasteiger partial charge >= 0.3 is 0 Å². The predicted molar refractivity (Wildman–Crippen MR) is 77.8 cm³/mol. The van der Waals surface area contributed by atoms with Crippen LogP contribution in [0, 0.1) is 18.6 Å². The van der Waals surface area contributed by atoms with E-state index in [9.17, 15) is 17.2 Å². The molecule has 8 heteroatoms. The van der Waals surface area contributed by atoms with E-state index >= 15 is 0 Å². The monoisotopic (exact) mass is 332 g/mol. The zero-order chi connectivity index (χ0) is 15.8. The van der Waals surface area contributed by atoms with Crippen LogP contribution in [0.4, 0.5) is 20.2 Å². The van der Waals surface area contributed by atoms with Crippen LogP contribution in [-0.4, -0.2) is 8.42 Å². The Morgan fingerprint density at radius 1 is 1.14 bits per heavy atom. The quantitative estimate of drug-likeness (QED) is 0.847. The summed E-state index contributed by atoms with van der Waals surface area (Å²) in [5, 5.41) is 0.327. The molecular weight excluding hydrogens is 322 g/mol. The van der Waals surface area contributed by atoms with Gasteiger partial charge in [-0.1, -0.05) is 17.7 Å². The van der Waals surface area contributed by atoms with Crippen LogP contribution >= 0.6 is 11.6 Å². The molecular formula is C13H11ClF2N2O2S. The predicted octanol–water partition coefficient (Wildman–Crippen LogP) is 3.31. The second-order valence-corrected chi connectivity index (χ2v) is 6.41. The van der Waals surface area contributed by atoms with Crippen molar-refractivity contribution in [2.45, 2.75) is 11.8 Å². The maximum Gasteiger partial charge on any atom is 0.267 e. The van der Waals surface area contributed by atoms with E-state index in [1.807, 2.05) is 0 Å². The van der Waals surface area contributed by atoms with Gasteiger partial charge in [-0.3, -0.25) is 4.72 Å². The summed E-state index contributed by atoms with van der Waals surface area (Å²) >= 11 is 5.87. The Balaban J connectivity index is 2.46. The number of nitrogen functional groups attached to an aromatic ring is 1. The number of hydrogen-bond donors (Lipinski definition) is 2. The molecule has 112 valence electrons. The van der Waals surface area contributed by atoms with Gasteiger partial charge in [-0.05, 0) is 36.8 Å². The first-order chi connectivity index (χ1) is 9.70.